The van der Waals surface area contributed by atoms with Crippen LogP contribution in [0, 0.1) is 11.8 Å². The van der Waals surface area contributed by atoms with E-state index in [0.717, 1.165) is 18.8 Å². The minimum Gasteiger partial charge on any atom is -0.481 e. The van der Waals surface area contributed by atoms with Crippen LogP contribution in [0.3, 0.4) is 0 Å². The van der Waals surface area contributed by atoms with Crippen molar-refractivity contribution in [1.82, 2.24) is 0 Å². The van der Waals surface area contributed by atoms with E-state index in [4.69, 9.17) is 10.8 Å². The lowest BCUT2D eigenvalue weighted by atomic mass is 9.93. The summed E-state index contributed by atoms with van der Waals surface area (Å²) in [6, 6.07) is -0.193. The van der Waals surface area contributed by atoms with Gasteiger partial charge in [-0.15, -0.1) is 0 Å². The van der Waals surface area contributed by atoms with Gasteiger partial charge in [0.15, 0.2) is 0 Å². The Bertz CT molecular complexity index is 180. The van der Waals surface area contributed by atoms with Crippen LogP contribution < -0.4 is 5.73 Å². The number of carboxylic acids is 1. The first-order chi connectivity index (χ1) is 6.93. The number of nitrogens with two attached hydrogens (primary N) is 1. The normalized spacial score (nSPS) is 15.3. The van der Waals surface area contributed by atoms with Crippen LogP contribution in [0.1, 0.15) is 52.9 Å². The third-order valence-electron chi connectivity index (χ3n) is 2.83. The van der Waals surface area contributed by atoms with E-state index in [9.17, 15) is 4.79 Å². The number of aliphatic carboxylic acids is 1. The predicted molar refractivity (Wildman–Crippen MR) is 62.7 cm³/mol. The number of hydrogen-bond donors (Lipinski definition) is 2. The summed E-state index contributed by atoms with van der Waals surface area (Å²) < 4.78 is 0. The van der Waals surface area contributed by atoms with Crippen LogP contribution in [-0.2, 0) is 4.79 Å². The van der Waals surface area contributed by atoms with Gasteiger partial charge in [-0.25, -0.2) is 0 Å². The SMILES string of the molecule is CC(C)CCCCC(C)C(N)CC(=O)O. The van der Waals surface area contributed by atoms with Crippen LogP contribution in [0.2, 0.25) is 0 Å². The number of carbonyl (C=O) groups is 1. The van der Waals surface area contributed by atoms with Crippen LogP contribution in [0.4, 0.5) is 0 Å². The van der Waals surface area contributed by atoms with Crippen molar-refractivity contribution in [2.45, 2.75) is 58.9 Å². The summed E-state index contributed by atoms with van der Waals surface area (Å²) in [5.41, 5.74) is 5.78. The Hall–Kier alpha value is -0.570. The molecule has 0 aromatic rings. The Kier molecular flexibility index (Phi) is 7.39. The number of rotatable bonds is 8. The van der Waals surface area contributed by atoms with Gasteiger partial charge in [0, 0.05) is 6.04 Å². The third kappa shape index (κ3) is 8.43. The van der Waals surface area contributed by atoms with Gasteiger partial charge in [0.2, 0.25) is 0 Å². The predicted octanol–water partition coefficient (Wildman–Crippen LogP) is 2.64. The molecular weight excluding hydrogens is 190 g/mol. The highest BCUT2D eigenvalue weighted by atomic mass is 16.4. The van der Waals surface area contributed by atoms with Gasteiger partial charge in [-0.1, -0.05) is 40.0 Å². The summed E-state index contributed by atoms with van der Waals surface area (Å²) in [5.74, 6) is 0.276. The van der Waals surface area contributed by atoms with Gasteiger partial charge in [0.1, 0.15) is 0 Å². The highest BCUT2D eigenvalue weighted by Gasteiger charge is 2.15. The van der Waals surface area contributed by atoms with Gasteiger partial charge in [0.25, 0.3) is 0 Å². The monoisotopic (exact) mass is 215 g/mol. The van der Waals surface area contributed by atoms with E-state index in [2.05, 4.69) is 13.8 Å². The average molecular weight is 215 g/mol. The summed E-state index contributed by atoms with van der Waals surface area (Å²) >= 11 is 0. The molecule has 15 heavy (non-hydrogen) atoms. The molecule has 0 radical (unpaired) electrons. The maximum Gasteiger partial charge on any atom is 0.304 e. The number of hydrogen-bond acceptors (Lipinski definition) is 2. The van der Waals surface area contributed by atoms with Crippen molar-refractivity contribution in [3.8, 4) is 0 Å². The van der Waals surface area contributed by atoms with Crippen molar-refractivity contribution >= 4 is 5.97 Å². The summed E-state index contributed by atoms with van der Waals surface area (Å²) in [4.78, 5) is 10.5. The van der Waals surface area contributed by atoms with Crippen LogP contribution in [0.5, 0.6) is 0 Å². The molecule has 0 heterocycles. The molecule has 3 nitrogen and oxygen atoms in total. The fraction of sp³-hybridized carbons (Fsp3) is 0.917. The molecular formula is C12H25NO2. The van der Waals surface area contributed by atoms with Crippen molar-refractivity contribution < 1.29 is 9.90 Å². The molecule has 0 aromatic heterocycles. The number of unbranched alkanes of at least 4 members (excludes halogenated alkanes) is 1. The van der Waals surface area contributed by atoms with Crippen LogP contribution in [-0.4, -0.2) is 17.1 Å². The van der Waals surface area contributed by atoms with Gasteiger partial charge in [-0.05, 0) is 18.3 Å². The second-order valence-electron chi connectivity index (χ2n) is 4.92. The van der Waals surface area contributed by atoms with Crippen LogP contribution in [0.15, 0.2) is 0 Å². The molecule has 0 bridgehead atoms. The first-order valence-corrected chi connectivity index (χ1v) is 5.90. The molecule has 0 saturated carbocycles. The fourth-order valence-electron chi connectivity index (χ4n) is 1.64. The third-order valence-corrected chi connectivity index (χ3v) is 2.83. The van der Waals surface area contributed by atoms with E-state index in [1.54, 1.807) is 0 Å². The van der Waals surface area contributed by atoms with Crippen molar-refractivity contribution in [2.24, 2.45) is 17.6 Å². The molecule has 0 fully saturated rings. The molecule has 0 amide bonds. The van der Waals surface area contributed by atoms with E-state index in [0.29, 0.717) is 5.92 Å². The summed E-state index contributed by atoms with van der Waals surface area (Å²) in [6.45, 7) is 6.49. The standard InChI is InChI=1S/C12H25NO2/c1-9(2)6-4-5-7-10(3)11(13)8-12(14)15/h9-11H,4-8,13H2,1-3H3,(H,14,15). The van der Waals surface area contributed by atoms with Crippen LogP contribution in [0.25, 0.3) is 0 Å². The van der Waals surface area contributed by atoms with E-state index in [-0.39, 0.29) is 12.5 Å². The molecule has 0 aromatic carbocycles. The molecule has 0 aliphatic rings. The quantitative estimate of drug-likeness (QED) is 0.612. The number of carboxylic acid groups (broad SMARTS) is 1. The van der Waals surface area contributed by atoms with Crippen molar-refractivity contribution in [3.63, 3.8) is 0 Å². The van der Waals surface area contributed by atoms with Gasteiger partial charge in [-0.2, -0.15) is 0 Å². The molecule has 0 saturated heterocycles. The van der Waals surface area contributed by atoms with Gasteiger partial charge in [0.05, 0.1) is 6.42 Å². The van der Waals surface area contributed by atoms with Gasteiger partial charge >= 0.3 is 5.97 Å². The molecule has 0 rings (SSSR count). The lowest BCUT2D eigenvalue weighted by molar-refractivity contribution is -0.137. The molecule has 0 aliphatic carbocycles. The second-order valence-corrected chi connectivity index (χ2v) is 4.92. The average Bonchev–Trinajstić information content (AvgIpc) is 2.10. The van der Waals surface area contributed by atoms with Crippen molar-refractivity contribution in [2.75, 3.05) is 0 Å². The second kappa shape index (κ2) is 7.69. The Morgan fingerprint density at radius 1 is 1.20 bits per heavy atom. The Labute approximate surface area is 93.0 Å². The smallest absolute Gasteiger partial charge is 0.304 e. The van der Waals surface area contributed by atoms with E-state index < -0.39 is 5.97 Å². The molecule has 90 valence electrons. The van der Waals surface area contributed by atoms with Crippen molar-refractivity contribution in [1.29, 1.82) is 0 Å². The van der Waals surface area contributed by atoms with Crippen molar-refractivity contribution in [3.05, 3.63) is 0 Å². The Morgan fingerprint density at radius 3 is 2.20 bits per heavy atom. The summed E-state index contributed by atoms with van der Waals surface area (Å²) in [5, 5.41) is 8.60. The molecule has 0 spiro atoms. The lowest BCUT2D eigenvalue weighted by Crippen LogP contribution is -2.30. The highest BCUT2D eigenvalue weighted by molar-refractivity contribution is 5.67. The maximum atomic E-state index is 10.5. The topological polar surface area (TPSA) is 63.3 Å². The van der Waals surface area contributed by atoms with Gasteiger partial charge in [-0.3, -0.25) is 4.79 Å². The largest absolute Gasteiger partial charge is 0.481 e. The Morgan fingerprint density at radius 2 is 1.73 bits per heavy atom. The van der Waals surface area contributed by atoms with E-state index >= 15 is 0 Å². The zero-order valence-electron chi connectivity index (χ0n) is 10.2. The fourth-order valence-corrected chi connectivity index (χ4v) is 1.64. The minimum atomic E-state index is -0.795. The first kappa shape index (κ1) is 14.4. The Balaban J connectivity index is 3.55. The van der Waals surface area contributed by atoms with E-state index in [1.807, 2.05) is 6.92 Å². The molecule has 2 atom stereocenters. The minimum absolute atomic E-state index is 0.0886. The highest BCUT2D eigenvalue weighted by Crippen LogP contribution is 2.16. The van der Waals surface area contributed by atoms with E-state index in [1.165, 1.54) is 12.8 Å². The first-order valence-electron chi connectivity index (χ1n) is 5.90. The van der Waals surface area contributed by atoms with Crippen LogP contribution >= 0.6 is 0 Å². The lowest BCUT2D eigenvalue weighted by Gasteiger charge is -2.18. The van der Waals surface area contributed by atoms with Gasteiger partial charge < -0.3 is 10.8 Å². The molecule has 2 unspecified atom stereocenters. The zero-order valence-corrected chi connectivity index (χ0v) is 10.2. The summed E-state index contributed by atoms with van der Waals surface area (Å²) in [6.07, 6.45) is 4.77. The maximum absolute atomic E-state index is 10.5. The molecule has 3 N–H and O–H groups in total. The molecule has 0 aliphatic heterocycles. The summed E-state index contributed by atoms with van der Waals surface area (Å²) in [7, 11) is 0. The molecule has 3 heteroatoms. The zero-order chi connectivity index (χ0) is 11.8.